The van der Waals surface area contributed by atoms with Gasteiger partial charge in [-0.3, -0.25) is 10.2 Å². The minimum absolute atomic E-state index is 0.0697. The van der Waals surface area contributed by atoms with Crippen LogP contribution in [0, 0.1) is 10.8 Å². The largest absolute Gasteiger partial charge is 0.314 e. The van der Waals surface area contributed by atoms with Gasteiger partial charge in [0.25, 0.3) is 0 Å². The van der Waals surface area contributed by atoms with Crippen molar-refractivity contribution in [3.63, 3.8) is 0 Å². The molecule has 4 heteroatoms. The number of nitrogens with one attached hydrogen (secondary N) is 2. The zero-order valence-corrected chi connectivity index (χ0v) is 11.5. The fourth-order valence-electron chi connectivity index (χ4n) is 2.01. The number of amides is 1. The lowest BCUT2D eigenvalue weighted by Crippen LogP contribution is -2.45. The molecule has 0 spiro atoms. The van der Waals surface area contributed by atoms with Gasteiger partial charge >= 0.3 is 0 Å². The molecule has 0 aliphatic carbocycles. The second kappa shape index (κ2) is 5.64. The molecule has 0 saturated carbocycles. The van der Waals surface area contributed by atoms with Crippen molar-refractivity contribution < 1.29 is 4.79 Å². The molecule has 0 heterocycles. The average molecular weight is 229 g/mol. The zero-order valence-electron chi connectivity index (χ0n) is 11.5. The second-order valence-corrected chi connectivity index (χ2v) is 6.23. The van der Waals surface area contributed by atoms with Crippen molar-refractivity contribution >= 4 is 5.91 Å². The summed E-state index contributed by atoms with van der Waals surface area (Å²) in [6.45, 7) is 13.3. The highest BCUT2D eigenvalue weighted by molar-refractivity contribution is 5.81. The van der Waals surface area contributed by atoms with Crippen LogP contribution in [0.4, 0.5) is 0 Å². The molecule has 1 amide bonds. The van der Waals surface area contributed by atoms with Crippen LogP contribution in [0.3, 0.4) is 0 Å². The molecule has 0 bridgehead atoms. The molecule has 0 fully saturated rings. The summed E-state index contributed by atoms with van der Waals surface area (Å²) in [5.41, 5.74) is 1.87. The Morgan fingerprint density at radius 2 is 1.75 bits per heavy atom. The van der Waals surface area contributed by atoms with E-state index in [1.165, 1.54) is 0 Å². The summed E-state index contributed by atoms with van der Waals surface area (Å²) in [4.78, 5) is 11.6. The Labute approximate surface area is 99.3 Å². The molecule has 16 heavy (non-hydrogen) atoms. The first-order chi connectivity index (χ1) is 7.10. The third-order valence-electron chi connectivity index (χ3n) is 2.66. The van der Waals surface area contributed by atoms with E-state index in [0.29, 0.717) is 6.04 Å². The summed E-state index contributed by atoms with van der Waals surface area (Å²) < 4.78 is 0. The van der Waals surface area contributed by atoms with Crippen LogP contribution in [-0.4, -0.2) is 18.5 Å². The first-order valence-corrected chi connectivity index (χ1v) is 5.85. The Hall–Kier alpha value is -0.610. The van der Waals surface area contributed by atoms with Gasteiger partial charge in [-0.2, -0.15) is 0 Å². The van der Waals surface area contributed by atoms with Crippen molar-refractivity contribution in [3.05, 3.63) is 0 Å². The molecule has 0 radical (unpaired) electrons. The Kier molecular flexibility index (Phi) is 5.42. The predicted molar refractivity (Wildman–Crippen MR) is 67.6 cm³/mol. The van der Waals surface area contributed by atoms with Gasteiger partial charge in [0.05, 0.1) is 0 Å². The van der Waals surface area contributed by atoms with Crippen LogP contribution in [0.25, 0.3) is 0 Å². The lowest BCUT2D eigenvalue weighted by atomic mass is 9.74. The Morgan fingerprint density at radius 1 is 1.25 bits per heavy atom. The quantitative estimate of drug-likeness (QED) is 0.366. The number of hydrogen-bond donors (Lipinski definition) is 3. The van der Waals surface area contributed by atoms with E-state index < -0.39 is 5.41 Å². The van der Waals surface area contributed by atoms with Crippen molar-refractivity contribution in [2.75, 3.05) is 6.54 Å². The maximum atomic E-state index is 11.6. The summed E-state index contributed by atoms with van der Waals surface area (Å²) in [5, 5.41) is 3.40. The summed E-state index contributed by atoms with van der Waals surface area (Å²) in [5.74, 6) is 5.08. The van der Waals surface area contributed by atoms with Crippen molar-refractivity contribution in [1.29, 1.82) is 0 Å². The number of hydrazine groups is 1. The van der Waals surface area contributed by atoms with Crippen LogP contribution in [0.15, 0.2) is 0 Å². The van der Waals surface area contributed by atoms with Gasteiger partial charge in [0, 0.05) is 18.0 Å². The number of nitrogens with two attached hydrogens (primary N) is 1. The van der Waals surface area contributed by atoms with Crippen LogP contribution in [0.2, 0.25) is 0 Å². The lowest BCUT2D eigenvalue weighted by molar-refractivity contribution is -0.131. The van der Waals surface area contributed by atoms with Crippen LogP contribution >= 0.6 is 0 Å². The first-order valence-electron chi connectivity index (χ1n) is 5.85. The van der Waals surface area contributed by atoms with E-state index in [1.54, 1.807) is 0 Å². The molecule has 96 valence electrons. The molecule has 0 rings (SSSR count). The molecule has 0 aromatic rings. The normalized spacial score (nSPS) is 13.0. The highest BCUT2D eigenvalue weighted by Gasteiger charge is 2.34. The minimum Gasteiger partial charge on any atom is -0.314 e. The number of hydrogen-bond acceptors (Lipinski definition) is 3. The monoisotopic (exact) mass is 229 g/mol. The van der Waals surface area contributed by atoms with Gasteiger partial charge < -0.3 is 5.32 Å². The molecule has 0 aliphatic heterocycles. The van der Waals surface area contributed by atoms with Crippen molar-refractivity contribution in [1.82, 2.24) is 10.7 Å². The highest BCUT2D eigenvalue weighted by Crippen LogP contribution is 2.33. The molecule has 0 saturated heterocycles. The molecule has 0 aromatic heterocycles. The van der Waals surface area contributed by atoms with Gasteiger partial charge in [0.1, 0.15) is 0 Å². The molecular weight excluding hydrogens is 202 g/mol. The van der Waals surface area contributed by atoms with Crippen molar-refractivity contribution in [3.8, 4) is 0 Å². The average Bonchev–Trinajstić information content (AvgIpc) is 2.12. The van der Waals surface area contributed by atoms with Gasteiger partial charge in [-0.1, -0.05) is 41.5 Å². The van der Waals surface area contributed by atoms with Crippen LogP contribution in [0.5, 0.6) is 0 Å². The van der Waals surface area contributed by atoms with E-state index in [0.717, 1.165) is 13.0 Å². The molecule has 0 aromatic carbocycles. The lowest BCUT2D eigenvalue weighted by Gasteiger charge is -2.34. The standard InChI is InChI=1S/C12H27N3O/c1-9(2)14-8-11(3,4)7-12(5,6)10(16)15-13/h9,14H,7-8,13H2,1-6H3,(H,15,16). The smallest absolute Gasteiger partial charge is 0.239 e. The van der Waals surface area contributed by atoms with Crippen LogP contribution in [0.1, 0.15) is 48.0 Å². The summed E-state index contributed by atoms with van der Waals surface area (Å²) in [6.07, 6.45) is 0.794. The molecule has 4 N–H and O–H groups in total. The van der Waals surface area contributed by atoms with E-state index in [2.05, 4.69) is 38.4 Å². The molecule has 0 atom stereocenters. The van der Waals surface area contributed by atoms with Crippen LogP contribution in [-0.2, 0) is 4.79 Å². The van der Waals surface area contributed by atoms with E-state index >= 15 is 0 Å². The molecule has 4 nitrogen and oxygen atoms in total. The van der Waals surface area contributed by atoms with E-state index in [-0.39, 0.29) is 11.3 Å². The highest BCUT2D eigenvalue weighted by atomic mass is 16.2. The Morgan fingerprint density at radius 3 is 2.12 bits per heavy atom. The summed E-state index contributed by atoms with van der Waals surface area (Å²) in [6, 6.07) is 0.464. The summed E-state index contributed by atoms with van der Waals surface area (Å²) in [7, 11) is 0. The van der Waals surface area contributed by atoms with Crippen LogP contribution < -0.4 is 16.6 Å². The maximum Gasteiger partial charge on any atom is 0.239 e. The van der Waals surface area contributed by atoms with Gasteiger partial charge in [-0.15, -0.1) is 0 Å². The SMILES string of the molecule is CC(C)NCC(C)(C)CC(C)(C)C(=O)NN. The van der Waals surface area contributed by atoms with Crippen molar-refractivity contribution in [2.45, 2.75) is 54.0 Å². The molecule has 0 aliphatic rings. The maximum absolute atomic E-state index is 11.6. The van der Waals surface area contributed by atoms with Crippen molar-refractivity contribution in [2.24, 2.45) is 16.7 Å². The van der Waals surface area contributed by atoms with Gasteiger partial charge in [-0.05, 0) is 11.8 Å². The van der Waals surface area contributed by atoms with E-state index in [9.17, 15) is 4.79 Å². The number of carbonyl (C=O) groups excluding carboxylic acids is 1. The number of rotatable bonds is 6. The second-order valence-electron chi connectivity index (χ2n) is 6.23. The molecule has 0 unspecified atom stereocenters. The topological polar surface area (TPSA) is 67.2 Å². The first kappa shape index (κ1) is 15.4. The fraction of sp³-hybridized carbons (Fsp3) is 0.917. The van der Waals surface area contributed by atoms with E-state index in [4.69, 9.17) is 5.84 Å². The Balaban J connectivity index is 4.39. The van der Waals surface area contributed by atoms with E-state index in [1.807, 2.05) is 13.8 Å². The fourth-order valence-corrected chi connectivity index (χ4v) is 2.01. The summed E-state index contributed by atoms with van der Waals surface area (Å²) >= 11 is 0. The van der Waals surface area contributed by atoms with Gasteiger partial charge in [-0.25, -0.2) is 5.84 Å². The minimum atomic E-state index is -0.434. The third-order valence-corrected chi connectivity index (χ3v) is 2.66. The van der Waals surface area contributed by atoms with Gasteiger partial charge in [0.15, 0.2) is 0 Å². The molecular formula is C12H27N3O. The van der Waals surface area contributed by atoms with Gasteiger partial charge in [0.2, 0.25) is 5.91 Å². The number of carbonyl (C=O) groups is 1. The Bertz CT molecular complexity index is 234. The predicted octanol–water partition coefficient (Wildman–Crippen LogP) is 1.42. The third kappa shape index (κ3) is 5.47. The zero-order chi connectivity index (χ0) is 13.0.